The van der Waals surface area contributed by atoms with E-state index in [2.05, 4.69) is 4.74 Å². The molecule has 78 valence electrons. The van der Waals surface area contributed by atoms with Gasteiger partial charge in [-0.15, -0.1) is 0 Å². The van der Waals surface area contributed by atoms with Crippen molar-refractivity contribution in [1.82, 2.24) is 0 Å². The van der Waals surface area contributed by atoms with Crippen LogP contribution in [0.1, 0.15) is 12.8 Å². The molecule has 0 atom stereocenters. The van der Waals surface area contributed by atoms with E-state index in [1.807, 2.05) is 0 Å². The zero-order valence-corrected chi connectivity index (χ0v) is 7.26. The second-order valence-electron chi connectivity index (χ2n) is 2.18. The molecule has 0 saturated heterocycles. The van der Waals surface area contributed by atoms with E-state index in [1.165, 1.54) is 0 Å². The Bertz CT molecular complexity index is 260. The summed E-state index contributed by atoms with van der Waals surface area (Å²) >= 11 is 0. The first-order valence-corrected chi connectivity index (χ1v) is 4.65. The van der Waals surface area contributed by atoms with Gasteiger partial charge in [-0.25, -0.2) is 0 Å². The number of hydrogen-bond acceptors (Lipinski definition) is 4. The third-order valence-corrected chi connectivity index (χ3v) is 2.13. The molecule has 0 radical (unpaired) electrons. The largest absolute Gasteiger partial charge is 0.468 e. The smallest absolute Gasteiger partial charge is 0.370 e. The number of carbonyl (C=O) groups excluding carboxylic acids is 1. The van der Waals surface area contributed by atoms with Crippen LogP contribution in [0.5, 0.6) is 0 Å². The highest BCUT2D eigenvalue weighted by Gasteiger charge is 2.43. The number of rotatable bonds is 6. The van der Waals surface area contributed by atoms with Crippen molar-refractivity contribution in [3.05, 3.63) is 0 Å². The molecule has 5 nitrogen and oxygen atoms in total. The van der Waals surface area contributed by atoms with Gasteiger partial charge in [-0.1, -0.05) is 0 Å². The minimum absolute atomic E-state index is 0.0611. The summed E-state index contributed by atoms with van der Waals surface area (Å²) in [4.78, 5) is 9.55. The summed E-state index contributed by atoms with van der Waals surface area (Å²) < 4.78 is 56.8. The lowest BCUT2D eigenvalue weighted by molar-refractivity contribution is -0.129. The van der Waals surface area contributed by atoms with Crippen LogP contribution in [-0.4, -0.2) is 31.3 Å². The lowest BCUT2D eigenvalue weighted by atomic mass is 10.3. The Morgan fingerprint density at radius 2 is 2.00 bits per heavy atom. The maximum atomic E-state index is 12.4. The summed E-state index contributed by atoms with van der Waals surface area (Å²) in [6, 6.07) is 0. The van der Waals surface area contributed by atoms with Crippen molar-refractivity contribution in [1.29, 1.82) is 0 Å². The first-order chi connectivity index (χ1) is 5.81. The third kappa shape index (κ3) is 4.13. The molecule has 0 saturated carbocycles. The lowest BCUT2D eigenvalue weighted by Gasteiger charge is -2.11. The van der Waals surface area contributed by atoms with Crippen molar-refractivity contribution in [2.45, 2.75) is 18.1 Å². The zero-order valence-electron chi connectivity index (χ0n) is 6.44. The highest BCUT2D eigenvalue weighted by Crippen LogP contribution is 2.25. The number of ether oxygens (including phenoxy) is 1. The number of hydrogen-bond donors (Lipinski definition) is 1. The van der Waals surface area contributed by atoms with Gasteiger partial charge in [-0.05, 0) is 6.42 Å². The molecule has 0 fully saturated rings. The van der Waals surface area contributed by atoms with Gasteiger partial charge < -0.3 is 4.74 Å². The maximum absolute atomic E-state index is 12.4. The number of carbonyl (C=O) groups is 1. The lowest BCUT2D eigenvalue weighted by Crippen LogP contribution is -2.28. The molecular formula is C5H8F2O5S. The minimum atomic E-state index is -5.37. The normalized spacial score (nSPS) is 12.5. The Morgan fingerprint density at radius 1 is 1.46 bits per heavy atom. The van der Waals surface area contributed by atoms with Gasteiger partial charge in [0.2, 0.25) is 0 Å². The Labute approximate surface area is 73.4 Å². The van der Waals surface area contributed by atoms with E-state index in [4.69, 9.17) is 4.55 Å². The first-order valence-electron chi connectivity index (χ1n) is 3.21. The van der Waals surface area contributed by atoms with Crippen molar-refractivity contribution < 1.29 is 31.3 Å². The molecule has 0 rings (SSSR count). The predicted octanol–water partition coefficient (Wildman–Crippen LogP) is 0.420. The molecule has 13 heavy (non-hydrogen) atoms. The Kier molecular flexibility index (Phi) is 4.21. The molecule has 0 aliphatic heterocycles. The molecule has 0 amide bonds. The van der Waals surface area contributed by atoms with Crippen LogP contribution in [-0.2, 0) is 19.6 Å². The van der Waals surface area contributed by atoms with Crippen molar-refractivity contribution in [3.8, 4) is 0 Å². The van der Waals surface area contributed by atoms with E-state index in [-0.39, 0.29) is 19.5 Å². The van der Waals surface area contributed by atoms with Crippen molar-refractivity contribution >= 4 is 16.6 Å². The fourth-order valence-electron chi connectivity index (χ4n) is 0.538. The standard InChI is InChI=1S/C5H8F2O5S/c6-5(7,13(9,10)11)2-1-3-12-4-8/h4H,1-3H2,(H,9,10,11). The second kappa shape index (κ2) is 4.47. The molecule has 0 aliphatic rings. The van der Waals surface area contributed by atoms with Crippen molar-refractivity contribution in [2.75, 3.05) is 6.61 Å². The fraction of sp³-hybridized carbons (Fsp3) is 0.800. The zero-order chi connectivity index (χ0) is 10.5. The topological polar surface area (TPSA) is 80.7 Å². The fourth-order valence-corrected chi connectivity index (χ4v) is 0.941. The van der Waals surface area contributed by atoms with Gasteiger partial charge in [0, 0.05) is 6.42 Å². The highest BCUT2D eigenvalue weighted by molar-refractivity contribution is 7.86. The van der Waals surface area contributed by atoms with Gasteiger partial charge in [0.05, 0.1) is 6.61 Å². The van der Waals surface area contributed by atoms with Crippen LogP contribution in [0.2, 0.25) is 0 Å². The predicted molar refractivity (Wildman–Crippen MR) is 37.7 cm³/mol. The molecular weight excluding hydrogens is 210 g/mol. The van der Waals surface area contributed by atoms with E-state index in [1.54, 1.807) is 0 Å². The van der Waals surface area contributed by atoms with Gasteiger partial charge >= 0.3 is 15.4 Å². The maximum Gasteiger partial charge on any atom is 0.370 e. The third-order valence-electron chi connectivity index (χ3n) is 1.18. The highest BCUT2D eigenvalue weighted by atomic mass is 32.2. The number of alkyl halides is 2. The van der Waals surface area contributed by atoms with Gasteiger partial charge in [-0.2, -0.15) is 17.2 Å². The van der Waals surface area contributed by atoms with E-state index < -0.39 is 21.8 Å². The summed E-state index contributed by atoms with van der Waals surface area (Å²) in [6.07, 6.45) is -1.43. The van der Waals surface area contributed by atoms with Crippen molar-refractivity contribution in [2.24, 2.45) is 0 Å². The van der Waals surface area contributed by atoms with Crippen LogP contribution in [0.4, 0.5) is 8.78 Å². The summed E-state index contributed by atoms with van der Waals surface area (Å²) in [6.45, 7) is -0.250. The van der Waals surface area contributed by atoms with Gasteiger partial charge in [0.1, 0.15) is 0 Å². The van der Waals surface area contributed by atoms with Crippen molar-refractivity contribution in [3.63, 3.8) is 0 Å². The van der Waals surface area contributed by atoms with E-state index in [9.17, 15) is 22.0 Å². The molecule has 1 N–H and O–H groups in total. The van der Waals surface area contributed by atoms with Crippen LogP contribution in [0.15, 0.2) is 0 Å². The summed E-state index contributed by atoms with van der Waals surface area (Å²) in [5.41, 5.74) is 0. The second-order valence-corrected chi connectivity index (χ2v) is 3.73. The van der Waals surface area contributed by atoms with Crippen LogP contribution < -0.4 is 0 Å². The van der Waals surface area contributed by atoms with Gasteiger partial charge in [0.15, 0.2) is 0 Å². The van der Waals surface area contributed by atoms with E-state index >= 15 is 0 Å². The van der Waals surface area contributed by atoms with Crippen LogP contribution in [0.25, 0.3) is 0 Å². The van der Waals surface area contributed by atoms with Gasteiger partial charge in [0.25, 0.3) is 6.47 Å². The van der Waals surface area contributed by atoms with E-state index in [0.29, 0.717) is 0 Å². The monoisotopic (exact) mass is 218 g/mol. The molecule has 8 heteroatoms. The quantitative estimate of drug-likeness (QED) is 0.397. The minimum Gasteiger partial charge on any atom is -0.468 e. The molecule has 0 bridgehead atoms. The Morgan fingerprint density at radius 3 is 2.38 bits per heavy atom. The Balaban J connectivity index is 3.98. The summed E-state index contributed by atoms with van der Waals surface area (Å²) in [5, 5.41) is -4.18. The SMILES string of the molecule is O=COCCCC(F)(F)S(=O)(=O)O. The average molecular weight is 218 g/mol. The molecule has 0 aromatic carbocycles. The van der Waals surface area contributed by atoms with Crippen LogP contribution in [0.3, 0.4) is 0 Å². The molecule has 0 unspecified atom stereocenters. The van der Waals surface area contributed by atoms with E-state index in [0.717, 1.165) is 0 Å². The number of halogens is 2. The molecule has 0 aromatic heterocycles. The molecule has 0 heterocycles. The average Bonchev–Trinajstić information content (AvgIpc) is 1.96. The molecule has 0 spiro atoms. The molecule has 0 aliphatic carbocycles. The van der Waals surface area contributed by atoms with Gasteiger partial charge in [-0.3, -0.25) is 9.35 Å². The molecule has 0 aromatic rings. The summed E-state index contributed by atoms with van der Waals surface area (Å²) in [7, 11) is -5.37. The summed E-state index contributed by atoms with van der Waals surface area (Å²) in [5.74, 6) is 0. The Hall–Kier alpha value is -0.760. The van der Waals surface area contributed by atoms with Crippen LogP contribution in [0, 0.1) is 0 Å². The van der Waals surface area contributed by atoms with Crippen LogP contribution >= 0.6 is 0 Å². The first kappa shape index (κ1) is 12.2.